The van der Waals surface area contributed by atoms with E-state index in [1.54, 1.807) is 0 Å². The fraction of sp³-hybridized carbons (Fsp3) is 0.533. The molecule has 110 valence electrons. The second kappa shape index (κ2) is 6.59. The standard InChI is InChI=1S/C15H23BrN4/c1-3-12-10-19(2)7-4-8-20(12)14-6-5-11(15(17)18)9-13(14)16/h5-6,9,12H,3-4,7-8,10H2,1-2H3,(H3,17,18). The Kier molecular flexibility index (Phi) is 5.05. The van der Waals surface area contributed by atoms with Gasteiger partial charge in [0.1, 0.15) is 5.84 Å². The summed E-state index contributed by atoms with van der Waals surface area (Å²) in [6.07, 6.45) is 2.30. The zero-order chi connectivity index (χ0) is 14.7. The summed E-state index contributed by atoms with van der Waals surface area (Å²) in [5.41, 5.74) is 7.52. The summed E-state index contributed by atoms with van der Waals surface area (Å²) >= 11 is 3.64. The molecule has 0 spiro atoms. The molecule has 0 bridgehead atoms. The van der Waals surface area contributed by atoms with E-state index in [2.05, 4.69) is 45.8 Å². The summed E-state index contributed by atoms with van der Waals surface area (Å²) in [7, 11) is 2.19. The van der Waals surface area contributed by atoms with Gasteiger partial charge in [-0.2, -0.15) is 0 Å². The molecule has 20 heavy (non-hydrogen) atoms. The molecule has 1 unspecified atom stereocenters. The zero-order valence-electron chi connectivity index (χ0n) is 12.2. The molecule has 0 amide bonds. The van der Waals surface area contributed by atoms with Gasteiger partial charge in [0.05, 0.1) is 5.69 Å². The topological polar surface area (TPSA) is 56.4 Å². The van der Waals surface area contributed by atoms with E-state index in [1.165, 1.54) is 12.1 Å². The molecule has 1 heterocycles. The number of halogens is 1. The molecule has 1 aromatic rings. The minimum Gasteiger partial charge on any atom is -0.384 e. The molecule has 1 aromatic carbocycles. The number of hydrogen-bond donors (Lipinski definition) is 2. The van der Waals surface area contributed by atoms with Gasteiger partial charge >= 0.3 is 0 Å². The van der Waals surface area contributed by atoms with E-state index in [1.807, 2.05) is 12.1 Å². The van der Waals surface area contributed by atoms with Gasteiger partial charge in [0.2, 0.25) is 0 Å². The molecule has 0 aliphatic carbocycles. The van der Waals surface area contributed by atoms with Crippen LogP contribution in [0.2, 0.25) is 0 Å². The molecule has 1 aliphatic rings. The van der Waals surface area contributed by atoms with Gasteiger partial charge in [0.15, 0.2) is 0 Å². The van der Waals surface area contributed by atoms with Crippen molar-refractivity contribution in [2.24, 2.45) is 5.73 Å². The van der Waals surface area contributed by atoms with Crippen molar-refractivity contribution in [3.05, 3.63) is 28.2 Å². The Morgan fingerprint density at radius 2 is 2.20 bits per heavy atom. The minimum absolute atomic E-state index is 0.111. The summed E-state index contributed by atoms with van der Waals surface area (Å²) in [6.45, 7) is 5.56. The van der Waals surface area contributed by atoms with E-state index < -0.39 is 0 Å². The highest BCUT2D eigenvalue weighted by molar-refractivity contribution is 9.10. The predicted molar refractivity (Wildman–Crippen MR) is 88.7 cm³/mol. The maximum absolute atomic E-state index is 7.52. The SMILES string of the molecule is CCC1CN(C)CCCN1c1ccc(C(=N)N)cc1Br. The molecule has 1 fully saturated rings. The van der Waals surface area contributed by atoms with Gasteiger partial charge in [-0.15, -0.1) is 0 Å². The van der Waals surface area contributed by atoms with E-state index in [4.69, 9.17) is 11.1 Å². The van der Waals surface area contributed by atoms with Gasteiger partial charge < -0.3 is 15.5 Å². The lowest BCUT2D eigenvalue weighted by Gasteiger charge is -2.33. The number of nitrogen functional groups attached to an aromatic ring is 1. The number of nitrogens with zero attached hydrogens (tertiary/aromatic N) is 2. The van der Waals surface area contributed by atoms with Crippen LogP contribution in [0.25, 0.3) is 0 Å². The van der Waals surface area contributed by atoms with Crippen molar-refractivity contribution in [2.45, 2.75) is 25.8 Å². The molecule has 1 atom stereocenters. The predicted octanol–water partition coefficient (Wildman–Crippen LogP) is 2.65. The Labute approximate surface area is 129 Å². The third kappa shape index (κ3) is 3.33. The summed E-state index contributed by atoms with van der Waals surface area (Å²) in [4.78, 5) is 4.89. The highest BCUT2D eigenvalue weighted by Crippen LogP contribution is 2.30. The number of rotatable bonds is 3. The molecule has 1 saturated heterocycles. The van der Waals surface area contributed by atoms with Gasteiger partial charge in [-0.25, -0.2) is 0 Å². The highest BCUT2D eigenvalue weighted by atomic mass is 79.9. The quantitative estimate of drug-likeness (QED) is 0.658. The van der Waals surface area contributed by atoms with Gasteiger partial charge in [-0.3, -0.25) is 5.41 Å². The van der Waals surface area contributed by atoms with Crippen molar-refractivity contribution < 1.29 is 0 Å². The first-order valence-corrected chi connectivity index (χ1v) is 7.91. The summed E-state index contributed by atoms with van der Waals surface area (Å²) in [6, 6.07) is 6.49. The van der Waals surface area contributed by atoms with E-state index in [9.17, 15) is 0 Å². The molecule has 3 N–H and O–H groups in total. The van der Waals surface area contributed by atoms with Crippen molar-refractivity contribution in [2.75, 3.05) is 31.6 Å². The van der Waals surface area contributed by atoms with Gasteiger partial charge in [-0.05, 0) is 60.6 Å². The van der Waals surface area contributed by atoms with Crippen molar-refractivity contribution in [3.63, 3.8) is 0 Å². The van der Waals surface area contributed by atoms with Crippen LogP contribution in [-0.2, 0) is 0 Å². The normalized spacial score (nSPS) is 20.8. The van der Waals surface area contributed by atoms with E-state index in [0.717, 1.165) is 36.1 Å². The third-order valence-corrected chi connectivity index (χ3v) is 4.58. The summed E-state index contributed by atoms with van der Waals surface area (Å²) in [5, 5.41) is 7.52. The van der Waals surface area contributed by atoms with Gasteiger partial charge in [-0.1, -0.05) is 6.92 Å². The Hall–Kier alpha value is -1.07. The molecule has 0 saturated carbocycles. The lowest BCUT2D eigenvalue weighted by atomic mass is 10.1. The molecule has 5 heteroatoms. The molecular formula is C15H23BrN4. The summed E-state index contributed by atoms with van der Waals surface area (Å²) < 4.78 is 1.02. The molecule has 0 radical (unpaired) electrons. The van der Waals surface area contributed by atoms with Crippen molar-refractivity contribution in [1.82, 2.24) is 4.90 Å². The number of anilines is 1. The number of likely N-dealkylation sites (N-methyl/N-ethyl adjacent to an activating group) is 1. The fourth-order valence-corrected chi connectivity index (χ4v) is 3.42. The van der Waals surface area contributed by atoms with Crippen LogP contribution in [0.5, 0.6) is 0 Å². The van der Waals surface area contributed by atoms with E-state index >= 15 is 0 Å². The highest BCUT2D eigenvalue weighted by Gasteiger charge is 2.23. The lowest BCUT2D eigenvalue weighted by Crippen LogP contribution is -2.40. The van der Waals surface area contributed by atoms with Crippen LogP contribution < -0.4 is 10.6 Å². The van der Waals surface area contributed by atoms with E-state index in [-0.39, 0.29) is 5.84 Å². The maximum atomic E-state index is 7.52. The first-order chi connectivity index (χ1) is 9.52. The fourth-order valence-electron chi connectivity index (χ4n) is 2.82. The van der Waals surface area contributed by atoms with Gasteiger partial charge in [0, 0.05) is 29.2 Å². The Morgan fingerprint density at radius 3 is 2.80 bits per heavy atom. The number of benzene rings is 1. The number of hydrogen-bond acceptors (Lipinski definition) is 3. The molecule has 4 nitrogen and oxygen atoms in total. The van der Waals surface area contributed by atoms with Crippen molar-refractivity contribution in [1.29, 1.82) is 5.41 Å². The average Bonchev–Trinajstić information content (AvgIpc) is 2.60. The smallest absolute Gasteiger partial charge is 0.122 e. The third-order valence-electron chi connectivity index (χ3n) is 3.94. The number of nitrogens with one attached hydrogen (secondary N) is 1. The Morgan fingerprint density at radius 1 is 1.45 bits per heavy atom. The lowest BCUT2D eigenvalue weighted by molar-refractivity contribution is 0.328. The second-order valence-electron chi connectivity index (χ2n) is 5.45. The van der Waals surface area contributed by atoms with Crippen LogP contribution in [0.1, 0.15) is 25.3 Å². The zero-order valence-corrected chi connectivity index (χ0v) is 13.8. The first-order valence-electron chi connectivity index (χ1n) is 7.12. The second-order valence-corrected chi connectivity index (χ2v) is 6.31. The molecule has 1 aliphatic heterocycles. The van der Waals surface area contributed by atoms with Crippen LogP contribution in [0.4, 0.5) is 5.69 Å². The van der Waals surface area contributed by atoms with Crippen LogP contribution in [0, 0.1) is 5.41 Å². The van der Waals surface area contributed by atoms with E-state index in [0.29, 0.717) is 6.04 Å². The molecule has 0 aromatic heterocycles. The van der Waals surface area contributed by atoms with Crippen LogP contribution in [0.3, 0.4) is 0 Å². The molecular weight excluding hydrogens is 316 g/mol. The minimum atomic E-state index is 0.111. The van der Waals surface area contributed by atoms with Crippen molar-refractivity contribution >= 4 is 27.5 Å². The Balaban J connectivity index is 2.30. The molecule has 2 rings (SSSR count). The van der Waals surface area contributed by atoms with Crippen LogP contribution in [-0.4, -0.2) is 43.5 Å². The van der Waals surface area contributed by atoms with Crippen LogP contribution >= 0.6 is 15.9 Å². The monoisotopic (exact) mass is 338 g/mol. The Bertz CT molecular complexity index is 489. The largest absolute Gasteiger partial charge is 0.384 e. The average molecular weight is 339 g/mol. The summed E-state index contributed by atoms with van der Waals surface area (Å²) in [5.74, 6) is 0.111. The van der Waals surface area contributed by atoms with Crippen molar-refractivity contribution in [3.8, 4) is 0 Å². The van der Waals surface area contributed by atoms with Gasteiger partial charge in [0.25, 0.3) is 0 Å². The first kappa shape index (κ1) is 15.3. The maximum Gasteiger partial charge on any atom is 0.122 e. The number of amidine groups is 1. The number of nitrogens with two attached hydrogens (primary N) is 1. The van der Waals surface area contributed by atoms with Crippen LogP contribution in [0.15, 0.2) is 22.7 Å².